The second kappa shape index (κ2) is 3.72. The molecule has 0 aliphatic heterocycles. The molecular formula is C2H9N3O3. The van der Waals surface area contributed by atoms with E-state index in [1.807, 2.05) is 0 Å². The van der Waals surface area contributed by atoms with Crippen LogP contribution in [0.3, 0.4) is 0 Å². The highest BCUT2D eigenvalue weighted by atomic mass is 16.9. The lowest BCUT2D eigenvalue weighted by Crippen LogP contribution is -3.26. The Morgan fingerprint density at radius 2 is 2.12 bits per heavy atom. The van der Waals surface area contributed by atoms with E-state index < -0.39 is 5.23 Å². The van der Waals surface area contributed by atoms with E-state index in [1.54, 1.807) is 0 Å². The zero-order chi connectivity index (χ0) is 6.57. The number of nitrogens with one attached hydrogen (secondary N) is 2. The lowest BCUT2D eigenvalue weighted by atomic mass is 11.0. The van der Waals surface area contributed by atoms with E-state index in [-0.39, 0.29) is 11.7 Å². The first-order valence-electron chi connectivity index (χ1n) is 2.06. The second-order valence-electron chi connectivity index (χ2n) is 1.37. The first kappa shape index (κ1) is 7.76. The number of hydroxylamine groups is 4. The Balaban J connectivity index is 3.10. The quantitative estimate of drug-likeness (QED) is 0.264. The largest absolute Gasteiger partial charge is 0.630 e. The molecule has 0 aromatic heterocycles. The van der Waals surface area contributed by atoms with Gasteiger partial charge in [-0.25, -0.2) is 0 Å². The molecule has 0 heterocycles. The van der Waals surface area contributed by atoms with Crippen molar-refractivity contribution in [2.45, 2.75) is 0 Å². The Morgan fingerprint density at radius 1 is 1.62 bits per heavy atom. The fourth-order valence-corrected chi connectivity index (χ4v) is 0.245. The summed E-state index contributed by atoms with van der Waals surface area (Å²) in [7, 11) is 1.29. The average molecular weight is 123 g/mol. The summed E-state index contributed by atoms with van der Waals surface area (Å²) in [4.78, 5) is 3.70. The van der Waals surface area contributed by atoms with Gasteiger partial charge >= 0.3 is 0 Å². The zero-order valence-corrected chi connectivity index (χ0v) is 4.51. The van der Waals surface area contributed by atoms with Crippen molar-refractivity contribution in [3.63, 3.8) is 0 Å². The third kappa shape index (κ3) is 3.93. The van der Waals surface area contributed by atoms with Gasteiger partial charge in [-0.15, -0.1) is 4.94 Å². The van der Waals surface area contributed by atoms with Crippen LogP contribution < -0.4 is 16.2 Å². The molecule has 50 valence electrons. The van der Waals surface area contributed by atoms with Crippen LogP contribution in [-0.2, 0) is 4.94 Å². The smallest absolute Gasteiger partial charge is 0.235 e. The van der Waals surface area contributed by atoms with E-state index in [0.717, 1.165) is 0 Å². The summed E-state index contributed by atoms with van der Waals surface area (Å²) < 4.78 is 0. The molecule has 0 aliphatic carbocycles. The van der Waals surface area contributed by atoms with Gasteiger partial charge in [-0.1, -0.05) is 0 Å². The summed E-state index contributed by atoms with van der Waals surface area (Å²) >= 11 is 0. The summed E-state index contributed by atoms with van der Waals surface area (Å²) in [6.07, 6.45) is 0. The van der Waals surface area contributed by atoms with Crippen LogP contribution in [0, 0.1) is 10.4 Å². The van der Waals surface area contributed by atoms with Crippen LogP contribution in [0.1, 0.15) is 0 Å². The monoisotopic (exact) mass is 123 g/mol. The molecule has 0 saturated carbocycles. The van der Waals surface area contributed by atoms with Gasteiger partial charge in [0.2, 0.25) is 6.67 Å². The van der Waals surface area contributed by atoms with E-state index in [4.69, 9.17) is 0 Å². The Labute approximate surface area is 46.5 Å². The predicted octanol–water partition coefficient (Wildman–Crippen LogP) is -3.86. The van der Waals surface area contributed by atoms with Crippen molar-refractivity contribution in [3.05, 3.63) is 10.4 Å². The van der Waals surface area contributed by atoms with Crippen molar-refractivity contribution in [3.8, 4) is 0 Å². The van der Waals surface area contributed by atoms with Gasteiger partial charge in [-0.2, -0.15) is 11.1 Å². The summed E-state index contributed by atoms with van der Waals surface area (Å²) in [5, 5.41) is 19.2. The van der Waals surface area contributed by atoms with Crippen molar-refractivity contribution < 1.29 is 15.2 Å². The number of rotatable bonds is 3. The molecule has 0 aromatic carbocycles. The summed E-state index contributed by atoms with van der Waals surface area (Å²) in [5.41, 5.74) is 0. The zero-order valence-electron chi connectivity index (χ0n) is 4.51. The SMILES string of the molecule is C[NH+]([O-])C[NH+]([O-])ON. The van der Waals surface area contributed by atoms with Gasteiger partial charge in [0.1, 0.15) is 0 Å². The Bertz CT molecular complexity index is 58.5. The van der Waals surface area contributed by atoms with Crippen LogP contribution in [0.15, 0.2) is 0 Å². The minimum absolute atomic E-state index is 0.240. The van der Waals surface area contributed by atoms with E-state index in [2.05, 4.69) is 10.8 Å². The van der Waals surface area contributed by atoms with Gasteiger partial charge < -0.3 is 15.5 Å². The normalized spacial score (nSPS) is 18.0. The standard InChI is InChI=1S/C2H9N3O3/c1-4(6)2-5(7)8-3/h4-5H,2-3H2,1H3. The van der Waals surface area contributed by atoms with Crippen LogP contribution >= 0.6 is 0 Å². The molecular weight excluding hydrogens is 114 g/mol. The van der Waals surface area contributed by atoms with Gasteiger partial charge in [-0.3, -0.25) is 0 Å². The molecule has 0 aromatic rings. The maximum absolute atomic E-state index is 10.1. The van der Waals surface area contributed by atoms with Crippen molar-refractivity contribution in [2.24, 2.45) is 5.90 Å². The molecule has 0 spiro atoms. The lowest BCUT2D eigenvalue weighted by molar-refractivity contribution is -1.15. The number of quaternary nitrogens is 2. The molecule has 0 radical (unpaired) electrons. The molecule has 2 unspecified atom stereocenters. The molecule has 6 nitrogen and oxygen atoms in total. The van der Waals surface area contributed by atoms with Crippen molar-refractivity contribution in [2.75, 3.05) is 13.7 Å². The molecule has 0 amide bonds. The highest BCUT2D eigenvalue weighted by Crippen LogP contribution is 1.24. The van der Waals surface area contributed by atoms with Crippen molar-refractivity contribution in [1.82, 2.24) is 0 Å². The molecule has 0 rings (SSSR count). The molecule has 8 heavy (non-hydrogen) atoms. The Morgan fingerprint density at radius 3 is 2.25 bits per heavy atom. The van der Waals surface area contributed by atoms with Gasteiger partial charge in [0.25, 0.3) is 0 Å². The Hall–Kier alpha value is -0.240. The molecule has 2 atom stereocenters. The maximum Gasteiger partial charge on any atom is 0.235 e. The number of hydrogen-bond donors (Lipinski definition) is 3. The molecule has 0 aliphatic rings. The molecule has 0 fully saturated rings. The first-order chi connectivity index (χ1) is 3.66. The lowest BCUT2D eigenvalue weighted by Gasteiger charge is -2.21. The fraction of sp³-hybridized carbons (Fsp3) is 1.00. The van der Waals surface area contributed by atoms with E-state index in [1.165, 1.54) is 7.05 Å². The van der Waals surface area contributed by atoms with E-state index in [9.17, 15) is 10.4 Å². The average Bonchev–Trinajstić information content (AvgIpc) is 1.65. The fourth-order valence-electron chi connectivity index (χ4n) is 0.245. The van der Waals surface area contributed by atoms with Gasteiger partial charge in [0.15, 0.2) is 0 Å². The van der Waals surface area contributed by atoms with E-state index in [0.29, 0.717) is 0 Å². The molecule has 0 bridgehead atoms. The van der Waals surface area contributed by atoms with E-state index >= 15 is 0 Å². The predicted molar refractivity (Wildman–Crippen MR) is 24.7 cm³/mol. The summed E-state index contributed by atoms with van der Waals surface area (Å²) in [5.74, 6) is 4.42. The summed E-state index contributed by atoms with van der Waals surface area (Å²) in [6, 6.07) is 0. The molecule has 6 heteroatoms. The number of hydrogen-bond acceptors (Lipinski definition) is 4. The van der Waals surface area contributed by atoms with Crippen molar-refractivity contribution in [1.29, 1.82) is 0 Å². The minimum Gasteiger partial charge on any atom is -0.630 e. The first-order valence-corrected chi connectivity index (χ1v) is 2.06. The minimum atomic E-state index is -0.697. The van der Waals surface area contributed by atoms with Crippen LogP contribution in [0.2, 0.25) is 0 Å². The highest BCUT2D eigenvalue weighted by molar-refractivity contribution is 3.97. The molecule has 0 saturated heterocycles. The van der Waals surface area contributed by atoms with Gasteiger partial charge in [0.05, 0.1) is 7.05 Å². The molecule has 4 N–H and O–H groups in total. The van der Waals surface area contributed by atoms with Crippen LogP contribution in [-0.4, -0.2) is 13.7 Å². The maximum atomic E-state index is 10.1. The second-order valence-corrected chi connectivity index (χ2v) is 1.37. The third-order valence-electron chi connectivity index (χ3n) is 0.525. The van der Waals surface area contributed by atoms with Crippen LogP contribution in [0.5, 0.6) is 0 Å². The van der Waals surface area contributed by atoms with Gasteiger partial charge in [-0.05, 0) is 0 Å². The number of nitrogens with two attached hydrogens (primary N) is 1. The van der Waals surface area contributed by atoms with Crippen molar-refractivity contribution >= 4 is 0 Å². The van der Waals surface area contributed by atoms with Gasteiger partial charge in [0, 0.05) is 0 Å². The Kier molecular flexibility index (Phi) is 3.61. The van der Waals surface area contributed by atoms with Crippen LogP contribution in [0.4, 0.5) is 0 Å². The summed E-state index contributed by atoms with van der Waals surface area (Å²) in [6.45, 7) is -0.240. The highest BCUT2D eigenvalue weighted by Gasteiger charge is 1.94. The topological polar surface area (TPSA) is 90.2 Å². The van der Waals surface area contributed by atoms with Crippen LogP contribution in [0.25, 0.3) is 0 Å². The third-order valence-corrected chi connectivity index (χ3v) is 0.525.